The van der Waals surface area contributed by atoms with Crippen molar-refractivity contribution in [2.24, 2.45) is 0 Å². The lowest BCUT2D eigenvalue weighted by atomic mass is 10.2. The monoisotopic (exact) mass is 232 g/mol. The van der Waals surface area contributed by atoms with Crippen LogP contribution in [0.2, 0.25) is 0 Å². The minimum atomic E-state index is -1.11. The Morgan fingerprint density at radius 1 is 1.31 bits per heavy atom. The predicted molar refractivity (Wildman–Crippen MR) is 59.3 cm³/mol. The first kappa shape index (κ1) is 15.1. The van der Waals surface area contributed by atoms with Crippen molar-refractivity contribution in [2.75, 3.05) is 26.9 Å². The minimum Gasteiger partial charge on any atom is -0.478 e. The van der Waals surface area contributed by atoms with Gasteiger partial charge in [-0.1, -0.05) is 0 Å². The van der Waals surface area contributed by atoms with Crippen molar-refractivity contribution < 1.29 is 24.1 Å². The molecule has 0 rings (SSSR count). The van der Waals surface area contributed by atoms with Gasteiger partial charge in [-0.25, -0.2) is 4.79 Å². The fraction of sp³-hybridized carbons (Fsp3) is 0.727. The van der Waals surface area contributed by atoms with Gasteiger partial charge in [0.2, 0.25) is 5.79 Å². The molecule has 1 N–H and O–H groups in total. The Morgan fingerprint density at radius 2 is 1.81 bits per heavy atom. The second-order valence-corrected chi connectivity index (χ2v) is 3.24. The number of hydrogen-bond donors (Lipinski definition) is 1. The lowest BCUT2D eigenvalue weighted by molar-refractivity contribution is -0.223. The molecule has 0 amide bonds. The zero-order valence-electron chi connectivity index (χ0n) is 10.3. The maximum atomic E-state index is 10.8. The zero-order chi connectivity index (χ0) is 12.6. The Kier molecular flexibility index (Phi) is 6.96. The molecular formula is C11H20O5. The third kappa shape index (κ3) is 4.74. The summed E-state index contributed by atoms with van der Waals surface area (Å²) in [4.78, 5) is 10.8. The molecule has 0 aliphatic rings. The molecule has 16 heavy (non-hydrogen) atoms. The average molecular weight is 232 g/mol. The number of rotatable bonds is 8. The molecule has 0 aliphatic carbocycles. The van der Waals surface area contributed by atoms with Gasteiger partial charge in [0, 0.05) is 25.9 Å². The molecule has 0 fully saturated rings. The van der Waals surface area contributed by atoms with E-state index in [9.17, 15) is 4.79 Å². The van der Waals surface area contributed by atoms with Crippen LogP contribution in [-0.2, 0) is 19.0 Å². The number of carboxylic acids is 1. The molecule has 0 aromatic rings. The number of carbonyl (C=O) groups is 1. The van der Waals surface area contributed by atoms with Gasteiger partial charge >= 0.3 is 5.97 Å². The van der Waals surface area contributed by atoms with Crippen molar-refractivity contribution >= 4 is 5.97 Å². The maximum Gasteiger partial charge on any atom is 0.331 e. The van der Waals surface area contributed by atoms with Gasteiger partial charge in [-0.3, -0.25) is 0 Å². The molecule has 0 bridgehead atoms. The molecule has 0 saturated heterocycles. The fourth-order valence-electron chi connectivity index (χ4n) is 1.33. The molecule has 0 aromatic heterocycles. The predicted octanol–water partition coefficient (Wildman–Crippen LogP) is 1.43. The van der Waals surface area contributed by atoms with Crippen molar-refractivity contribution in [1.29, 1.82) is 0 Å². The summed E-state index contributed by atoms with van der Waals surface area (Å²) < 4.78 is 15.9. The van der Waals surface area contributed by atoms with Crippen LogP contribution >= 0.6 is 0 Å². The van der Waals surface area contributed by atoms with Crippen molar-refractivity contribution in [3.05, 3.63) is 11.6 Å². The van der Waals surface area contributed by atoms with Gasteiger partial charge in [0.05, 0.1) is 0 Å². The zero-order valence-corrected chi connectivity index (χ0v) is 10.3. The van der Waals surface area contributed by atoms with Crippen molar-refractivity contribution in [2.45, 2.75) is 26.6 Å². The Balaban J connectivity index is 4.99. The Morgan fingerprint density at radius 3 is 2.12 bits per heavy atom. The van der Waals surface area contributed by atoms with E-state index in [1.54, 1.807) is 0 Å². The van der Waals surface area contributed by atoms with Gasteiger partial charge in [-0.15, -0.1) is 0 Å². The van der Waals surface area contributed by atoms with E-state index in [0.717, 1.165) is 0 Å². The van der Waals surface area contributed by atoms with E-state index in [-0.39, 0.29) is 12.2 Å². The largest absolute Gasteiger partial charge is 0.478 e. The van der Waals surface area contributed by atoms with Crippen LogP contribution in [0.3, 0.4) is 0 Å². The molecular weight excluding hydrogens is 212 g/mol. The molecule has 0 unspecified atom stereocenters. The average Bonchev–Trinajstić information content (AvgIpc) is 2.18. The molecule has 0 saturated carbocycles. The van der Waals surface area contributed by atoms with Gasteiger partial charge < -0.3 is 19.3 Å². The SMILES string of the molecule is CCOC(/C=C(\C)C(=O)O)(COC)OCC. The van der Waals surface area contributed by atoms with Gasteiger partial charge in [-0.2, -0.15) is 0 Å². The van der Waals surface area contributed by atoms with E-state index in [1.807, 2.05) is 13.8 Å². The summed E-state index contributed by atoms with van der Waals surface area (Å²) in [5.74, 6) is -2.11. The first-order valence-corrected chi connectivity index (χ1v) is 5.21. The van der Waals surface area contributed by atoms with E-state index >= 15 is 0 Å². The number of ether oxygens (including phenoxy) is 3. The van der Waals surface area contributed by atoms with Crippen LogP contribution in [0.4, 0.5) is 0 Å². The smallest absolute Gasteiger partial charge is 0.331 e. The lowest BCUT2D eigenvalue weighted by Gasteiger charge is -2.29. The Bertz CT molecular complexity index is 230. The Hall–Kier alpha value is -0.910. The first-order valence-electron chi connectivity index (χ1n) is 5.21. The van der Waals surface area contributed by atoms with Crippen molar-refractivity contribution in [3.8, 4) is 0 Å². The summed E-state index contributed by atoms with van der Waals surface area (Å²) in [6.07, 6.45) is 1.44. The maximum absolute atomic E-state index is 10.8. The molecule has 0 heterocycles. The van der Waals surface area contributed by atoms with E-state index in [2.05, 4.69) is 0 Å². The number of carboxylic acid groups (broad SMARTS) is 1. The normalized spacial score (nSPS) is 12.9. The van der Waals surface area contributed by atoms with Crippen LogP contribution in [0, 0.1) is 0 Å². The van der Waals surface area contributed by atoms with Gasteiger partial charge in [0.25, 0.3) is 0 Å². The van der Waals surface area contributed by atoms with Crippen LogP contribution in [-0.4, -0.2) is 43.8 Å². The lowest BCUT2D eigenvalue weighted by Crippen LogP contribution is -2.39. The Labute approximate surface area is 96.0 Å². The van der Waals surface area contributed by atoms with Gasteiger partial charge in [0.1, 0.15) is 6.61 Å². The summed E-state index contributed by atoms with van der Waals surface area (Å²) >= 11 is 0. The van der Waals surface area contributed by atoms with Gasteiger partial charge in [0.15, 0.2) is 0 Å². The molecule has 0 radical (unpaired) electrons. The van der Waals surface area contributed by atoms with E-state index in [1.165, 1.54) is 20.1 Å². The summed E-state index contributed by atoms with van der Waals surface area (Å²) in [6, 6.07) is 0. The highest BCUT2D eigenvalue weighted by Crippen LogP contribution is 2.18. The molecule has 5 nitrogen and oxygen atoms in total. The molecule has 0 aromatic carbocycles. The standard InChI is InChI=1S/C11H20O5/c1-5-15-11(8-14-4,16-6-2)7-9(3)10(12)13/h7H,5-6,8H2,1-4H3,(H,12,13)/b9-7+. The van der Waals surface area contributed by atoms with E-state index < -0.39 is 11.8 Å². The quantitative estimate of drug-likeness (QED) is 0.506. The minimum absolute atomic E-state index is 0.152. The summed E-state index contributed by atoms with van der Waals surface area (Å²) in [5.41, 5.74) is 0.166. The fourth-order valence-corrected chi connectivity index (χ4v) is 1.33. The third-order valence-electron chi connectivity index (χ3n) is 1.90. The molecule has 94 valence electrons. The van der Waals surface area contributed by atoms with E-state index in [4.69, 9.17) is 19.3 Å². The first-order chi connectivity index (χ1) is 7.51. The number of aliphatic carboxylic acids is 1. The molecule has 5 heteroatoms. The number of hydrogen-bond acceptors (Lipinski definition) is 4. The van der Waals surface area contributed by atoms with Crippen molar-refractivity contribution in [3.63, 3.8) is 0 Å². The third-order valence-corrected chi connectivity index (χ3v) is 1.90. The summed E-state index contributed by atoms with van der Waals surface area (Å²) in [6.45, 7) is 6.09. The van der Waals surface area contributed by atoms with Crippen LogP contribution in [0.25, 0.3) is 0 Å². The summed E-state index contributed by atoms with van der Waals surface area (Å²) in [5, 5.41) is 8.83. The molecule has 0 spiro atoms. The highest BCUT2D eigenvalue weighted by atomic mass is 16.7. The van der Waals surface area contributed by atoms with Crippen LogP contribution < -0.4 is 0 Å². The number of methoxy groups -OCH3 is 1. The second-order valence-electron chi connectivity index (χ2n) is 3.24. The van der Waals surface area contributed by atoms with Gasteiger partial charge in [-0.05, 0) is 26.8 Å². The molecule has 0 aliphatic heterocycles. The highest BCUT2D eigenvalue weighted by molar-refractivity contribution is 5.85. The van der Waals surface area contributed by atoms with Crippen LogP contribution in [0.1, 0.15) is 20.8 Å². The second kappa shape index (κ2) is 7.38. The molecule has 0 atom stereocenters. The topological polar surface area (TPSA) is 65.0 Å². The summed E-state index contributed by atoms with van der Waals surface area (Å²) in [7, 11) is 1.51. The highest BCUT2D eigenvalue weighted by Gasteiger charge is 2.30. The van der Waals surface area contributed by atoms with Crippen LogP contribution in [0.15, 0.2) is 11.6 Å². The van der Waals surface area contributed by atoms with Crippen molar-refractivity contribution in [1.82, 2.24) is 0 Å². The van der Waals surface area contributed by atoms with E-state index in [0.29, 0.717) is 13.2 Å². The van der Waals surface area contributed by atoms with Crippen LogP contribution in [0.5, 0.6) is 0 Å².